The molecule has 0 saturated carbocycles. The first-order valence-electron chi connectivity index (χ1n) is 5.65. The van der Waals surface area contributed by atoms with Crippen LogP contribution in [0.3, 0.4) is 0 Å². The first-order valence-corrected chi connectivity index (χ1v) is 5.65. The Balaban J connectivity index is 2.15. The summed E-state index contributed by atoms with van der Waals surface area (Å²) >= 11 is 0. The van der Waals surface area contributed by atoms with Gasteiger partial charge in [0, 0.05) is 13.0 Å². The highest BCUT2D eigenvalue weighted by Crippen LogP contribution is 2.33. The summed E-state index contributed by atoms with van der Waals surface area (Å²) in [4.78, 5) is 1.53. The Bertz CT molecular complexity index is 436. The molecule has 3 N–H and O–H groups in total. The van der Waals surface area contributed by atoms with Crippen molar-refractivity contribution < 1.29 is 14.0 Å². The highest BCUT2D eigenvalue weighted by atomic mass is 19.3. The van der Waals surface area contributed by atoms with Crippen LogP contribution in [-0.4, -0.2) is 34.5 Å². The largest absolute Gasteiger partial charge is 0.409 e. The SMILES string of the molecule is NC(=NO)[C@@H]1CC(F)(F)CN1Cc1ccccc1. The minimum Gasteiger partial charge on any atom is -0.409 e. The van der Waals surface area contributed by atoms with Gasteiger partial charge in [0.15, 0.2) is 5.84 Å². The van der Waals surface area contributed by atoms with Crippen molar-refractivity contribution in [1.29, 1.82) is 0 Å². The van der Waals surface area contributed by atoms with E-state index in [1.807, 2.05) is 30.3 Å². The number of alkyl halides is 2. The fourth-order valence-corrected chi connectivity index (χ4v) is 2.23. The molecule has 1 heterocycles. The predicted molar refractivity (Wildman–Crippen MR) is 63.6 cm³/mol. The Hall–Kier alpha value is -1.69. The molecule has 1 aromatic rings. The van der Waals surface area contributed by atoms with Gasteiger partial charge in [-0.05, 0) is 5.56 Å². The molecule has 1 aliphatic heterocycles. The number of nitrogens with zero attached hydrogens (tertiary/aromatic N) is 2. The van der Waals surface area contributed by atoms with Crippen LogP contribution in [0.1, 0.15) is 12.0 Å². The standard InChI is InChI=1S/C12H15F2N3O/c13-12(14)6-10(11(15)16-18)17(8-12)7-9-4-2-1-3-5-9/h1-5,10,18H,6-8H2,(H2,15,16)/t10-/m0/s1. The molecule has 2 rings (SSSR count). The summed E-state index contributed by atoms with van der Waals surface area (Å²) in [6, 6.07) is 8.57. The number of oxime groups is 1. The number of likely N-dealkylation sites (tertiary alicyclic amines) is 1. The first kappa shape index (κ1) is 12.8. The van der Waals surface area contributed by atoms with Crippen molar-refractivity contribution in [2.45, 2.75) is 24.9 Å². The molecule has 1 atom stereocenters. The van der Waals surface area contributed by atoms with E-state index in [1.165, 1.54) is 4.90 Å². The molecule has 0 bridgehead atoms. The van der Waals surface area contributed by atoms with Crippen molar-refractivity contribution in [3.8, 4) is 0 Å². The molecule has 0 unspecified atom stereocenters. The Morgan fingerprint density at radius 2 is 2.11 bits per heavy atom. The van der Waals surface area contributed by atoms with E-state index in [0.717, 1.165) is 5.56 Å². The molecule has 1 aromatic carbocycles. The number of halogens is 2. The molecule has 0 aromatic heterocycles. The van der Waals surface area contributed by atoms with Crippen LogP contribution in [0.15, 0.2) is 35.5 Å². The van der Waals surface area contributed by atoms with E-state index >= 15 is 0 Å². The van der Waals surface area contributed by atoms with Gasteiger partial charge in [-0.1, -0.05) is 35.5 Å². The zero-order chi connectivity index (χ0) is 13.2. The molecule has 6 heteroatoms. The van der Waals surface area contributed by atoms with Crippen molar-refractivity contribution in [3.63, 3.8) is 0 Å². The molecule has 1 fully saturated rings. The molecule has 0 radical (unpaired) electrons. The van der Waals surface area contributed by atoms with Crippen LogP contribution in [-0.2, 0) is 6.54 Å². The average molecular weight is 255 g/mol. The normalized spacial score (nSPS) is 24.3. The van der Waals surface area contributed by atoms with E-state index in [-0.39, 0.29) is 12.4 Å². The average Bonchev–Trinajstić information content (AvgIpc) is 2.65. The lowest BCUT2D eigenvalue weighted by Crippen LogP contribution is -2.40. The minimum atomic E-state index is -2.80. The zero-order valence-electron chi connectivity index (χ0n) is 9.76. The van der Waals surface area contributed by atoms with Crippen molar-refractivity contribution >= 4 is 5.84 Å². The number of benzene rings is 1. The summed E-state index contributed by atoms with van der Waals surface area (Å²) < 4.78 is 26.8. The Labute approximate surface area is 104 Å². The maximum absolute atomic E-state index is 13.4. The Morgan fingerprint density at radius 3 is 2.72 bits per heavy atom. The fraction of sp³-hybridized carbons (Fsp3) is 0.417. The smallest absolute Gasteiger partial charge is 0.262 e. The van der Waals surface area contributed by atoms with E-state index in [9.17, 15) is 8.78 Å². The monoisotopic (exact) mass is 255 g/mol. The van der Waals surface area contributed by atoms with Gasteiger partial charge in [0.2, 0.25) is 0 Å². The lowest BCUT2D eigenvalue weighted by Gasteiger charge is -2.22. The highest BCUT2D eigenvalue weighted by molar-refractivity contribution is 5.85. The molecule has 0 aliphatic carbocycles. The van der Waals surface area contributed by atoms with Crippen LogP contribution in [0, 0.1) is 0 Å². The summed E-state index contributed by atoms with van der Waals surface area (Å²) in [6.45, 7) is -0.0138. The van der Waals surface area contributed by atoms with E-state index < -0.39 is 18.4 Å². The summed E-state index contributed by atoms with van der Waals surface area (Å²) in [5, 5.41) is 11.5. The van der Waals surface area contributed by atoms with Crippen LogP contribution < -0.4 is 5.73 Å². The molecule has 18 heavy (non-hydrogen) atoms. The quantitative estimate of drug-likeness (QED) is 0.373. The van der Waals surface area contributed by atoms with Crippen LogP contribution in [0.25, 0.3) is 0 Å². The van der Waals surface area contributed by atoms with Gasteiger partial charge < -0.3 is 10.9 Å². The number of nitrogens with two attached hydrogens (primary N) is 1. The van der Waals surface area contributed by atoms with Crippen molar-refractivity contribution in [2.75, 3.05) is 6.54 Å². The number of rotatable bonds is 3. The second-order valence-corrected chi connectivity index (χ2v) is 4.49. The maximum atomic E-state index is 13.4. The molecular weight excluding hydrogens is 240 g/mol. The van der Waals surface area contributed by atoms with Crippen LogP contribution in [0.5, 0.6) is 0 Å². The molecule has 0 amide bonds. The van der Waals surface area contributed by atoms with Gasteiger partial charge in [0.05, 0.1) is 12.6 Å². The molecule has 98 valence electrons. The lowest BCUT2D eigenvalue weighted by atomic mass is 10.1. The first-order chi connectivity index (χ1) is 8.52. The van der Waals surface area contributed by atoms with E-state index in [2.05, 4.69) is 5.16 Å². The van der Waals surface area contributed by atoms with Gasteiger partial charge in [0.25, 0.3) is 5.92 Å². The topological polar surface area (TPSA) is 61.9 Å². The van der Waals surface area contributed by atoms with Crippen molar-refractivity contribution in [2.24, 2.45) is 10.9 Å². The number of hydrogen-bond acceptors (Lipinski definition) is 3. The third-order valence-corrected chi connectivity index (χ3v) is 3.05. The summed E-state index contributed by atoms with van der Waals surface area (Å²) in [5.74, 6) is -2.96. The summed E-state index contributed by atoms with van der Waals surface area (Å²) in [5.41, 5.74) is 6.39. The molecule has 1 aliphatic rings. The Kier molecular flexibility index (Phi) is 3.47. The Morgan fingerprint density at radius 1 is 1.44 bits per heavy atom. The van der Waals surface area contributed by atoms with E-state index in [1.54, 1.807) is 0 Å². The van der Waals surface area contributed by atoms with Gasteiger partial charge in [-0.3, -0.25) is 4.90 Å². The summed E-state index contributed by atoms with van der Waals surface area (Å²) in [6.07, 6.45) is -0.407. The van der Waals surface area contributed by atoms with E-state index in [4.69, 9.17) is 10.9 Å². The van der Waals surface area contributed by atoms with Crippen molar-refractivity contribution in [1.82, 2.24) is 4.90 Å². The highest BCUT2D eigenvalue weighted by Gasteiger charge is 2.46. The molecule has 0 spiro atoms. The second-order valence-electron chi connectivity index (χ2n) is 4.49. The second kappa shape index (κ2) is 4.89. The maximum Gasteiger partial charge on any atom is 0.262 e. The van der Waals surface area contributed by atoms with Gasteiger partial charge >= 0.3 is 0 Å². The van der Waals surface area contributed by atoms with Gasteiger partial charge in [-0.2, -0.15) is 0 Å². The van der Waals surface area contributed by atoms with Crippen LogP contribution in [0.2, 0.25) is 0 Å². The third kappa shape index (κ3) is 2.76. The zero-order valence-corrected chi connectivity index (χ0v) is 9.76. The number of amidine groups is 1. The minimum absolute atomic E-state index is 0.164. The lowest BCUT2D eigenvalue weighted by molar-refractivity contribution is 0.0114. The molecular formula is C12H15F2N3O. The van der Waals surface area contributed by atoms with E-state index in [0.29, 0.717) is 6.54 Å². The third-order valence-electron chi connectivity index (χ3n) is 3.05. The molecule has 4 nitrogen and oxygen atoms in total. The van der Waals surface area contributed by atoms with Crippen LogP contribution >= 0.6 is 0 Å². The van der Waals surface area contributed by atoms with Crippen molar-refractivity contribution in [3.05, 3.63) is 35.9 Å². The molecule has 1 saturated heterocycles. The van der Waals surface area contributed by atoms with Crippen LogP contribution in [0.4, 0.5) is 8.78 Å². The fourth-order valence-electron chi connectivity index (χ4n) is 2.23. The van der Waals surface area contributed by atoms with Gasteiger partial charge in [-0.25, -0.2) is 8.78 Å². The summed E-state index contributed by atoms with van der Waals surface area (Å²) in [7, 11) is 0. The van der Waals surface area contributed by atoms with Gasteiger partial charge in [0.1, 0.15) is 0 Å². The number of hydrogen-bond donors (Lipinski definition) is 2. The predicted octanol–water partition coefficient (Wildman–Crippen LogP) is 1.64. The van der Waals surface area contributed by atoms with Gasteiger partial charge in [-0.15, -0.1) is 0 Å².